The maximum Gasteiger partial charge on any atom is 0.145 e. The standard InChI is InChI=1S/C7H12N4/c8-7-4-6(10-11-7)5-2-1-3-9-5/h4-5,9H,1-3H2,(H3,8,10,11)/t5-/m0/s1. The molecule has 11 heavy (non-hydrogen) atoms. The number of H-pyrrole nitrogens is 1. The summed E-state index contributed by atoms with van der Waals surface area (Å²) in [7, 11) is 0. The molecule has 2 heterocycles. The van der Waals surface area contributed by atoms with Crippen molar-refractivity contribution in [3.63, 3.8) is 0 Å². The molecular weight excluding hydrogens is 140 g/mol. The molecule has 0 unspecified atom stereocenters. The van der Waals surface area contributed by atoms with Crippen LogP contribution in [0.25, 0.3) is 0 Å². The summed E-state index contributed by atoms with van der Waals surface area (Å²) in [5, 5.41) is 10.1. The fourth-order valence-corrected chi connectivity index (χ4v) is 1.48. The zero-order valence-corrected chi connectivity index (χ0v) is 6.30. The lowest BCUT2D eigenvalue weighted by molar-refractivity contribution is 0.625. The molecule has 0 aliphatic carbocycles. The second kappa shape index (κ2) is 2.54. The van der Waals surface area contributed by atoms with Gasteiger partial charge in [-0.3, -0.25) is 5.10 Å². The minimum Gasteiger partial charge on any atom is -0.382 e. The molecule has 0 amide bonds. The smallest absolute Gasteiger partial charge is 0.145 e. The summed E-state index contributed by atoms with van der Waals surface area (Å²) in [6.07, 6.45) is 2.42. The molecule has 4 N–H and O–H groups in total. The summed E-state index contributed by atoms with van der Waals surface area (Å²) in [6, 6.07) is 2.34. The number of nitrogen functional groups attached to an aromatic ring is 1. The van der Waals surface area contributed by atoms with E-state index >= 15 is 0 Å². The van der Waals surface area contributed by atoms with Crippen molar-refractivity contribution >= 4 is 5.82 Å². The number of aromatic nitrogens is 2. The molecule has 1 aromatic rings. The topological polar surface area (TPSA) is 66.7 Å². The van der Waals surface area contributed by atoms with Gasteiger partial charge >= 0.3 is 0 Å². The molecule has 0 saturated carbocycles. The van der Waals surface area contributed by atoms with Crippen molar-refractivity contribution in [1.29, 1.82) is 0 Å². The van der Waals surface area contributed by atoms with Crippen LogP contribution >= 0.6 is 0 Å². The summed E-state index contributed by atoms with van der Waals surface area (Å²) >= 11 is 0. The molecule has 1 aliphatic rings. The van der Waals surface area contributed by atoms with Gasteiger partial charge in [0.25, 0.3) is 0 Å². The Bertz CT molecular complexity index is 236. The van der Waals surface area contributed by atoms with Gasteiger partial charge in [-0.05, 0) is 19.4 Å². The van der Waals surface area contributed by atoms with Crippen molar-refractivity contribution in [3.05, 3.63) is 11.8 Å². The van der Waals surface area contributed by atoms with E-state index in [1.807, 2.05) is 6.07 Å². The molecule has 1 aliphatic heterocycles. The number of hydrogen-bond donors (Lipinski definition) is 3. The maximum atomic E-state index is 5.48. The first kappa shape index (κ1) is 6.67. The van der Waals surface area contributed by atoms with Gasteiger partial charge in [-0.25, -0.2) is 0 Å². The Morgan fingerprint density at radius 1 is 1.64 bits per heavy atom. The highest BCUT2D eigenvalue weighted by Gasteiger charge is 2.17. The Hall–Kier alpha value is -1.03. The minimum absolute atomic E-state index is 0.444. The van der Waals surface area contributed by atoms with Gasteiger partial charge in [-0.15, -0.1) is 0 Å². The first-order valence-corrected chi connectivity index (χ1v) is 3.90. The number of nitrogens with one attached hydrogen (secondary N) is 2. The van der Waals surface area contributed by atoms with Gasteiger partial charge in [0.2, 0.25) is 0 Å². The van der Waals surface area contributed by atoms with Crippen molar-refractivity contribution in [3.8, 4) is 0 Å². The first-order chi connectivity index (χ1) is 5.36. The fraction of sp³-hybridized carbons (Fsp3) is 0.571. The van der Waals surface area contributed by atoms with Crippen LogP contribution in [0.4, 0.5) is 5.82 Å². The van der Waals surface area contributed by atoms with E-state index in [4.69, 9.17) is 5.73 Å². The molecule has 0 bridgehead atoms. The summed E-state index contributed by atoms with van der Waals surface area (Å²) in [5.74, 6) is 0.578. The molecule has 0 spiro atoms. The highest BCUT2D eigenvalue weighted by molar-refractivity contribution is 5.30. The molecule has 4 heteroatoms. The van der Waals surface area contributed by atoms with Crippen LogP contribution in [-0.4, -0.2) is 16.7 Å². The summed E-state index contributed by atoms with van der Waals surface area (Å²) < 4.78 is 0. The minimum atomic E-state index is 0.444. The number of rotatable bonds is 1. The predicted molar refractivity (Wildman–Crippen MR) is 43.0 cm³/mol. The average molecular weight is 152 g/mol. The monoisotopic (exact) mass is 152 g/mol. The van der Waals surface area contributed by atoms with E-state index in [9.17, 15) is 0 Å². The highest BCUT2D eigenvalue weighted by atomic mass is 15.2. The van der Waals surface area contributed by atoms with Crippen LogP contribution < -0.4 is 11.1 Å². The van der Waals surface area contributed by atoms with Crippen LogP contribution in [0.1, 0.15) is 24.6 Å². The molecule has 4 nitrogen and oxygen atoms in total. The lowest BCUT2D eigenvalue weighted by Crippen LogP contribution is -2.12. The van der Waals surface area contributed by atoms with E-state index in [1.165, 1.54) is 12.8 Å². The van der Waals surface area contributed by atoms with Crippen molar-refractivity contribution in [1.82, 2.24) is 15.5 Å². The Labute approximate surface area is 65.2 Å². The summed E-state index contributed by atoms with van der Waals surface area (Å²) in [6.45, 7) is 1.10. The number of nitrogens with two attached hydrogens (primary N) is 1. The Balaban J connectivity index is 2.15. The third-order valence-electron chi connectivity index (χ3n) is 2.05. The Morgan fingerprint density at radius 3 is 3.09 bits per heavy atom. The summed E-state index contributed by atoms with van der Waals surface area (Å²) in [4.78, 5) is 0. The second-order valence-corrected chi connectivity index (χ2v) is 2.90. The molecule has 1 atom stereocenters. The largest absolute Gasteiger partial charge is 0.382 e. The lowest BCUT2D eigenvalue weighted by atomic mass is 10.2. The summed E-state index contributed by atoms with van der Waals surface area (Å²) in [5.41, 5.74) is 6.59. The number of nitrogens with zero attached hydrogens (tertiary/aromatic N) is 1. The normalized spacial score (nSPS) is 24.2. The van der Waals surface area contributed by atoms with Gasteiger partial charge in [0.1, 0.15) is 5.82 Å². The highest BCUT2D eigenvalue weighted by Crippen LogP contribution is 2.21. The van der Waals surface area contributed by atoms with E-state index in [-0.39, 0.29) is 0 Å². The van der Waals surface area contributed by atoms with Crippen LogP contribution in [0.15, 0.2) is 6.07 Å². The van der Waals surface area contributed by atoms with Crippen LogP contribution in [0.3, 0.4) is 0 Å². The molecule has 0 radical (unpaired) electrons. The van der Waals surface area contributed by atoms with Gasteiger partial charge in [-0.1, -0.05) is 0 Å². The van der Waals surface area contributed by atoms with Gasteiger partial charge in [0, 0.05) is 12.1 Å². The molecule has 1 fully saturated rings. The van der Waals surface area contributed by atoms with Crippen LogP contribution in [0.2, 0.25) is 0 Å². The first-order valence-electron chi connectivity index (χ1n) is 3.90. The molecule has 60 valence electrons. The van der Waals surface area contributed by atoms with Crippen molar-refractivity contribution < 1.29 is 0 Å². The third-order valence-corrected chi connectivity index (χ3v) is 2.05. The number of aromatic amines is 1. The van der Waals surface area contributed by atoms with E-state index in [1.54, 1.807) is 0 Å². The molecule has 1 saturated heterocycles. The van der Waals surface area contributed by atoms with Gasteiger partial charge < -0.3 is 11.1 Å². The van der Waals surface area contributed by atoms with Crippen molar-refractivity contribution in [2.45, 2.75) is 18.9 Å². The van der Waals surface area contributed by atoms with Crippen LogP contribution in [-0.2, 0) is 0 Å². The molecule has 2 rings (SSSR count). The molecular formula is C7H12N4. The average Bonchev–Trinajstić information content (AvgIpc) is 2.55. The molecule has 1 aromatic heterocycles. The second-order valence-electron chi connectivity index (χ2n) is 2.90. The predicted octanol–water partition coefficient (Wildman–Crippen LogP) is 0.416. The van der Waals surface area contributed by atoms with Gasteiger partial charge in [0.05, 0.1) is 5.69 Å². The van der Waals surface area contributed by atoms with E-state index < -0.39 is 0 Å². The third kappa shape index (κ3) is 1.21. The maximum absolute atomic E-state index is 5.48. The zero-order chi connectivity index (χ0) is 7.68. The SMILES string of the molecule is Nc1cc([C@@H]2CCCN2)[nH]n1. The number of anilines is 1. The Kier molecular flexibility index (Phi) is 1.54. The van der Waals surface area contributed by atoms with E-state index in [2.05, 4.69) is 15.5 Å². The van der Waals surface area contributed by atoms with Crippen molar-refractivity contribution in [2.24, 2.45) is 0 Å². The van der Waals surface area contributed by atoms with E-state index in [0.29, 0.717) is 11.9 Å². The lowest BCUT2D eigenvalue weighted by Gasteiger charge is -2.04. The van der Waals surface area contributed by atoms with Gasteiger partial charge in [0.15, 0.2) is 0 Å². The Morgan fingerprint density at radius 2 is 2.55 bits per heavy atom. The van der Waals surface area contributed by atoms with E-state index in [0.717, 1.165) is 12.2 Å². The number of hydrogen-bond acceptors (Lipinski definition) is 3. The van der Waals surface area contributed by atoms with Crippen LogP contribution in [0, 0.1) is 0 Å². The quantitative estimate of drug-likeness (QED) is 0.546. The van der Waals surface area contributed by atoms with Crippen LogP contribution in [0.5, 0.6) is 0 Å². The molecule has 0 aromatic carbocycles. The zero-order valence-electron chi connectivity index (χ0n) is 6.30. The fourth-order valence-electron chi connectivity index (χ4n) is 1.48. The van der Waals surface area contributed by atoms with Gasteiger partial charge in [-0.2, -0.15) is 5.10 Å². The van der Waals surface area contributed by atoms with Crippen molar-refractivity contribution in [2.75, 3.05) is 12.3 Å².